The molecule has 4 aliphatic rings. The maximum Gasteiger partial charge on any atom is 0.417 e. The van der Waals surface area contributed by atoms with Crippen molar-refractivity contribution in [3.63, 3.8) is 0 Å². The molecule has 2 N–H and O–H groups in total. The molecule has 3 fully saturated rings. The van der Waals surface area contributed by atoms with Crippen LogP contribution in [0.15, 0.2) is 103 Å². The second-order valence-corrected chi connectivity index (χ2v) is 17.8. The highest BCUT2D eigenvalue weighted by Gasteiger charge is 2.70. The van der Waals surface area contributed by atoms with E-state index in [1.54, 1.807) is 74.9 Å². The number of fused-ring (bicyclic) bond motifs is 4. The summed E-state index contributed by atoms with van der Waals surface area (Å²) < 4.78 is 57.2. The van der Waals surface area contributed by atoms with E-state index in [0.717, 1.165) is 16.0 Å². The number of phenols is 1. The standard InChI is InChI=1S/C49H38Cl3F3N4O8/c1-65-31-14-17-38(66-2)25(18-31)7-4-24-5-12-30(13-6-24)58-44(61)33-16-15-32-34(40(33)46(58)63)22-35-45(62)59(57-43-37(52)21-28(23-56-43)49(53,54)55)47(64)48(35,27-8-10-29(50)11-9-27)41(32)26-19-36(51)42(60)39(20-26)67-3/h4-15,17-21,23,33-35,40-41,60H,16,22H2,1-3H3,(H,56,57). The Morgan fingerprint density at radius 1 is 0.806 bits per heavy atom. The Bertz CT molecular complexity index is 2930. The summed E-state index contributed by atoms with van der Waals surface area (Å²) in [5.41, 5.74) is 2.69. The number of carbonyl (C=O) groups is 4. The molecule has 6 unspecified atom stereocenters. The highest BCUT2D eigenvalue weighted by atomic mass is 35.5. The molecule has 344 valence electrons. The highest BCUT2D eigenvalue weighted by Crippen LogP contribution is 2.65. The number of imide groups is 2. The molecule has 6 atom stereocenters. The molecule has 5 aromatic rings. The Labute approximate surface area is 396 Å². The summed E-state index contributed by atoms with van der Waals surface area (Å²) in [5.74, 6) is -7.14. The molecule has 2 aliphatic heterocycles. The number of pyridine rings is 1. The summed E-state index contributed by atoms with van der Waals surface area (Å²) in [6.45, 7) is 0. The molecule has 9 rings (SSSR count). The number of ether oxygens (including phenoxy) is 3. The van der Waals surface area contributed by atoms with Crippen LogP contribution in [0.5, 0.6) is 23.0 Å². The molecule has 0 bridgehead atoms. The minimum absolute atomic E-state index is 0.0478. The van der Waals surface area contributed by atoms with Gasteiger partial charge in [-0.1, -0.05) is 82.9 Å². The van der Waals surface area contributed by atoms with Gasteiger partial charge in [0.1, 0.15) is 11.5 Å². The van der Waals surface area contributed by atoms with Crippen LogP contribution in [0.1, 0.15) is 46.6 Å². The Morgan fingerprint density at radius 2 is 1.52 bits per heavy atom. The van der Waals surface area contributed by atoms with Crippen molar-refractivity contribution in [2.24, 2.45) is 23.7 Å². The van der Waals surface area contributed by atoms with Crippen LogP contribution in [0.25, 0.3) is 12.2 Å². The molecule has 1 saturated carbocycles. The van der Waals surface area contributed by atoms with E-state index in [9.17, 15) is 27.9 Å². The van der Waals surface area contributed by atoms with E-state index < -0.39 is 81.2 Å². The molecule has 2 saturated heterocycles. The lowest BCUT2D eigenvalue weighted by atomic mass is 9.49. The van der Waals surface area contributed by atoms with Crippen molar-refractivity contribution in [1.29, 1.82) is 0 Å². The monoisotopic (exact) mass is 972 g/mol. The number of hydrazine groups is 1. The lowest BCUT2D eigenvalue weighted by Crippen LogP contribution is -2.53. The molecule has 67 heavy (non-hydrogen) atoms. The lowest BCUT2D eigenvalue weighted by molar-refractivity contribution is -0.139. The quantitative estimate of drug-likeness (QED) is 0.0787. The summed E-state index contributed by atoms with van der Waals surface area (Å²) in [5, 5.41) is 11.2. The van der Waals surface area contributed by atoms with Gasteiger partial charge in [-0.2, -0.15) is 18.2 Å². The summed E-state index contributed by atoms with van der Waals surface area (Å²) in [6.07, 6.45) is 1.25. The van der Waals surface area contributed by atoms with E-state index in [1.807, 2.05) is 24.3 Å². The lowest BCUT2D eigenvalue weighted by Gasteiger charge is -2.50. The predicted molar refractivity (Wildman–Crippen MR) is 244 cm³/mol. The fraction of sp³-hybridized carbons (Fsp3) is 0.245. The van der Waals surface area contributed by atoms with E-state index in [-0.39, 0.29) is 29.4 Å². The van der Waals surface area contributed by atoms with Gasteiger partial charge in [0.2, 0.25) is 11.8 Å². The first kappa shape index (κ1) is 45.6. The maximum absolute atomic E-state index is 15.5. The van der Waals surface area contributed by atoms with Gasteiger partial charge in [0.25, 0.3) is 11.8 Å². The number of allylic oxidation sites excluding steroid dienone is 2. The Balaban J connectivity index is 1.13. The summed E-state index contributed by atoms with van der Waals surface area (Å²) in [7, 11) is 4.45. The minimum Gasteiger partial charge on any atom is -0.503 e. The molecule has 1 aromatic heterocycles. The fourth-order valence-corrected chi connectivity index (χ4v) is 10.8. The van der Waals surface area contributed by atoms with Crippen LogP contribution in [0, 0.1) is 23.7 Å². The average molecular weight is 974 g/mol. The first-order valence-corrected chi connectivity index (χ1v) is 21.9. The van der Waals surface area contributed by atoms with Gasteiger partial charge in [0.05, 0.1) is 65.8 Å². The van der Waals surface area contributed by atoms with E-state index in [2.05, 4.69) is 10.4 Å². The first-order chi connectivity index (χ1) is 32.0. The first-order valence-electron chi connectivity index (χ1n) is 20.8. The third-order valence-corrected chi connectivity index (χ3v) is 14.0. The van der Waals surface area contributed by atoms with Crippen molar-refractivity contribution in [1.82, 2.24) is 9.99 Å². The zero-order valence-corrected chi connectivity index (χ0v) is 37.9. The van der Waals surface area contributed by atoms with Gasteiger partial charge in [0, 0.05) is 22.7 Å². The topological polar surface area (TPSA) is 148 Å². The van der Waals surface area contributed by atoms with Crippen molar-refractivity contribution < 1.29 is 51.7 Å². The number of rotatable bonds is 10. The number of benzene rings is 4. The summed E-state index contributed by atoms with van der Waals surface area (Å²) in [6, 6.07) is 22.2. The molecule has 2 aliphatic carbocycles. The van der Waals surface area contributed by atoms with Crippen LogP contribution in [-0.4, -0.2) is 60.1 Å². The SMILES string of the molecule is COc1ccc(OC)c(C=Cc2ccc(N3C(=O)C4CC=C5C(CC6C(=O)N(Nc7ncc(C(F)(F)F)cc7Cl)C(=O)C6(c6ccc(Cl)cc6)C5c5cc(Cl)c(O)c(OC)c5)C4C3=O)cc2)c1. The Kier molecular flexibility index (Phi) is 11.8. The van der Waals surface area contributed by atoms with Crippen molar-refractivity contribution in [2.75, 3.05) is 31.7 Å². The fourth-order valence-electron chi connectivity index (χ4n) is 10.2. The van der Waals surface area contributed by atoms with Gasteiger partial charge in [0.15, 0.2) is 17.3 Å². The van der Waals surface area contributed by atoms with Gasteiger partial charge in [-0.15, -0.1) is 0 Å². The maximum atomic E-state index is 15.5. The molecule has 4 aromatic carbocycles. The van der Waals surface area contributed by atoms with Crippen LogP contribution in [0.3, 0.4) is 0 Å². The van der Waals surface area contributed by atoms with Crippen molar-refractivity contribution in [3.8, 4) is 23.0 Å². The summed E-state index contributed by atoms with van der Waals surface area (Å²) in [4.78, 5) is 65.0. The summed E-state index contributed by atoms with van der Waals surface area (Å²) >= 11 is 19.3. The number of hydrogen-bond acceptors (Lipinski definition) is 10. The number of aromatic nitrogens is 1. The number of hydrogen-bond donors (Lipinski definition) is 2. The van der Waals surface area contributed by atoms with Crippen molar-refractivity contribution in [2.45, 2.75) is 30.4 Å². The van der Waals surface area contributed by atoms with E-state index in [1.165, 1.54) is 19.2 Å². The number of nitrogens with zero attached hydrogens (tertiary/aromatic N) is 3. The Morgan fingerprint density at radius 3 is 2.18 bits per heavy atom. The normalized spacial score (nSPS) is 23.5. The third-order valence-electron chi connectivity index (χ3n) is 13.2. The number of phenolic OH excluding ortho intramolecular Hbond substituents is 1. The number of methoxy groups -OCH3 is 3. The van der Waals surface area contributed by atoms with Gasteiger partial charge in [-0.25, -0.2) is 4.98 Å². The van der Waals surface area contributed by atoms with Crippen LogP contribution < -0.4 is 24.5 Å². The van der Waals surface area contributed by atoms with E-state index in [4.69, 9.17) is 49.0 Å². The molecule has 3 heterocycles. The van der Waals surface area contributed by atoms with Gasteiger partial charge >= 0.3 is 6.18 Å². The van der Waals surface area contributed by atoms with Crippen LogP contribution in [-0.2, 0) is 30.8 Å². The van der Waals surface area contributed by atoms with Crippen LogP contribution >= 0.6 is 34.8 Å². The van der Waals surface area contributed by atoms with Crippen molar-refractivity contribution in [3.05, 3.63) is 146 Å². The largest absolute Gasteiger partial charge is 0.503 e. The van der Waals surface area contributed by atoms with Crippen molar-refractivity contribution >= 4 is 82.1 Å². The van der Waals surface area contributed by atoms with Gasteiger partial charge in [-0.05, 0) is 96.1 Å². The Hall–Kier alpha value is -6.55. The zero-order chi connectivity index (χ0) is 47.7. The number of aromatic hydroxyl groups is 1. The molecule has 12 nitrogen and oxygen atoms in total. The van der Waals surface area contributed by atoms with E-state index >= 15 is 9.59 Å². The molecular weight excluding hydrogens is 936 g/mol. The third kappa shape index (κ3) is 7.53. The van der Waals surface area contributed by atoms with Crippen LogP contribution in [0.2, 0.25) is 15.1 Å². The number of alkyl halides is 3. The average Bonchev–Trinajstić information content (AvgIpc) is 3.69. The molecular formula is C49H38Cl3F3N4O8. The molecule has 0 radical (unpaired) electrons. The van der Waals surface area contributed by atoms with Gasteiger partial charge < -0.3 is 19.3 Å². The van der Waals surface area contributed by atoms with E-state index in [0.29, 0.717) is 56.2 Å². The second kappa shape index (κ2) is 17.3. The van der Waals surface area contributed by atoms with Crippen LogP contribution in [0.4, 0.5) is 24.7 Å². The number of amides is 4. The number of carbonyl (C=O) groups excluding carboxylic acids is 4. The number of halogens is 6. The second-order valence-electron chi connectivity index (χ2n) is 16.5. The smallest absolute Gasteiger partial charge is 0.417 e. The minimum atomic E-state index is -4.79. The zero-order valence-electron chi connectivity index (χ0n) is 35.6. The number of anilines is 2. The predicted octanol–water partition coefficient (Wildman–Crippen LogP) is 10.2. The van der Waals surface area contributed by atoms with Gasteiger partial charge in [-0.3, -0.25) is 29.5 Å². The molecule has 4 amide bonds. The number of nitrogens with one attached hydrogen (secondary N) is 1. The molecule has 18 heteroatoms. The molecule has 0 spiro atoms. The highest BCUT2D eigenvalue weighted by molar-refractivity contribution is 6.33.